The normalized spacial score (nSPS) is 10.5. The quantitative estimate of drug-likeness (QED) is 0.746. The Morgan fingerprint density at radius 3 is 2.91 bits per heavy atom. The predicted molar refractivity (Wildman–Crippen MR) is 84.2 cm³/mol. The van der Waals surface area contributed by atoms with Gasteiger partial charge in [-0.2, -0.15) is 4.98 Å². The van der Waals surface area contributed by atoms with Gasteiger partial charge in [-0.1, -0.05) is 16.8 Å². The lowest BCUT2D eigenvalue weighted by atomic mass is 10.2. The number of carbonyl (C=O) groups excluding carboxylic acids is 1. The Morgan fingerprint density at radius 2 is 2.22 bits per heavy atom. The first-order valence-electron chi connectivity index (χ1n) is 6.79. The Balaban J connectivity index is 1.67. The zero-order valence-electron chi connectivity index (χ0n) is 12.2. The minimum atomic E-state index is -0.235. The molecule has 7 nitrogen and oxygen atoms in total. The van der Waals surface area contributed by atoms with E-state index in [0.29, 0.717) is 34.6 Å². The highest BCUT2D eigenvalue weighted by Gasteiger charge is 2.12. The van der Waals surface area contributed by atoms with Crippen molar-refractivity contribution in [3.05, 3.63) is 53.1 Å². The minimum Gasteiger partial charge on any atom is -0.461 e. The third-order valence-electron chi connectivity index (χ3n) is 3.09. The molecule has 3 rings (SSSR count). The molecule has 0 aliphatic rings. The lowest BCUT2D eigenvalue weighted by molar-refractivity contribution is 0.0963. The first-order valence-corrected chi connectivity index (χ1v) is 7.17. The van der Waals surface area contributed by atoms with E-state index >= 15 is 0 Å². The Bertz CT molecular complexity index is 814. The van der Waals surface area contributed by atoms with Crippen LogP contribution in [-0.2, 0) is 6.54 Å². The van der Waals surface area contributed by atoms with E-state index in [2.05, 4.69) is 20.8 Å². The van der Waals surface area contributed by atoms with Crippen molar-refractivity contribution in [3.8, 4) is 11.6 Å². The summed E-state index contributed by atoms with van der Waals surface area (Å²) in [5, 5.41) is 9.83. The number of halogens is 1. The number of rotatable bonds is 5. The summed E-state index contributed by atoms with van der Waals surface area (Å²) in [6.45, 7) is 0.323. The van der Waals surface area contributed by atoms with Gasteiger partial charge in [0.05, 0.1) is 23.4 Å². The summed E-state index contributed by atoms with van der Waals surface area (Å²) in [7, 11) is 1.55. The van der Waals surface area contributed by atoms with E-state index in [4.69, 9.17) is 20.5 Å². The van der Waals surface area contributed by atoms with Crippen LogP contribution in [0.5, 0.6) is 0 Å². The number of carbonyl (C=O) groups is 1. The number of nitrogens with one attached hydrogen (secondary N) is 2. The van der Waals surface area contributed by atoms with Crippen LogP contribution in [0.2, 0.25) is 5.02 Å². The molecule has 0 atom stereocenters. The summed E-state index contributed by atoms with van der Waals surface area (Å²) in [4.78, 5) is 15.8. The number of aromatic nitrogens is 2. The second kappa shape index (κ2) is 6.53. The van der Waals surface area contributed by atoms with Gasteiger partial charge in [-0.05, 0) is 30.3 Å². The largest absolute Gasteiger partial charge is 0.461 e. The second-order valence-electron chi connectivity index (χ2n) is 4.62. The van der Waals surface area contributed by atoms with Crippen molar-refractivity contribution in [2.45, 2.75) is 6.54 Å². The number of anilines is 1. The van der Waals surface area contributed by atoms with Crippen LogP contribution in [0, 0.1) is 0 Å². The van der Waals surface area contributed by atoms with Crippen LogP contribution in [0.25, 0.3) is 11.6 Å². The monoisotopic (exact) mass is 332 g/mol. The van der Waals surface area contributed by atoms with Gasteiger partial charge in [0, 0.05) is 12.7 Å². The average Bonchev–Trinajstić information content (AvgIpc) is 3.23. The maximum absolute atomic E-state index is 11.6. The van der Waals surface area contributed by atoms with Gasteiger partial charge in [-0.15, -0.1) is 0 Å². The fourth-order valence-corrected chi connectivity index (χ4v) is 2.22. The van der Waals surface area contributed by atoms with E-state index in [1.807, 2.05) is 0 Å². The van der Waals surface area contributed by atoms with Crippen molar-refractivity contribution in [3.63, 3.8) is 0 Å². The fourth-order valence-electron chi connectivity index (χ4n) is 1.95. The van der Waals surface area contributed by atoms with Gasteiger partial charge in [0.2, 0.25) is 11.7 Å². The SMILES string of the molecule is CNC(=O)c1ccc(NCc2nc(-c3ccco3)no2)cc1Cl. The fraction of sp³-hybridized carbons (Fsp3) is 0.133. The van der Waals surface area contributed by atoms with Gasteiger partial charge in [-0.3, -0.25) is 4.79 Å². The molecule has 0 fully saturated rings. The molecule has 0 aliphatic carbocycles. The number of furan rings is 1. The van der Waals surface area contributed by atoms with Crippen LogP contribution < -0.4 is 10.6 Å². The van der Waals surface area contributed by atoms with Crippen LogP contribution in [0.3, 0.4) is 0 Å². The van der Waals surface area contributed by atoms with Crippen molar-refractivity contribution >= 4 is 23.2 Å². The first kappa shape index (κ1) is 15.1. The summed E-state index contributed by atoms with van der Waals surface area (Å²) >= 11 is 6.09. The molecule has 2 N–H and O–H groups in total. The summed E-state index contributed by atoms with van der Waals surface area (Å²) in [6, 6.07) is 8.56. The Hall–Kier alpha value is -2.80. The number of amides is 1. The first-order chi connectivity index (χ1) is 11.2. The van der Waals surface area contributed by atoms with E-state index in [1.165, 1.54) is 0 Å². The van der Waals surface area contributed by atoms with E-state index in [0.717, 1.165) is 5.69 Å². The molecule has 0 unspecified atom stereocenters. The second-order valence-corrected chi connectivity index (χ2v) is 5.02. The molecule has 118 valence electrons. The standard InChI is InChI=1S/C15H13ClN4O3/c1-17-15(21)10-5-4-9(7-11(10)16)18-8-13-19-14(20-23-13)12-3-2-6-22-12/h2-7,18H,8H2,1H3,(H,17,21). The molecule has 0 radical (unpaired) electrons. The third kappa shape index (κ3) is 3.35. The Kier molecular flexibility index (Phi) is 4.29. The highest BCUT2D eigenvalue weighted by molar-refractivity contribution is 6.34. The predicted octanol–water partition coefficient (Wildman–Crippen LogP) is 2.95. The molecule has 23 heavy (non-hydrogen) atoms. The van der Waals surface area contributed by atoms with Crippen LogP contribution in [0.4, 0.5) is 5.69 Å². The summed E-state index contributed by atoms with van der Waals surface area (Å²) in [6.07, 6.45) is 1.54. The van der Waals surface area contributed by atoms with Gasteiger partial charge in [0.25, 0.3) is 5.91 Å². The topological polar surface area (TPSA) is 93.2 Å². The lowest BCUT2D eigenvalue weighted by Gasteiger charge is -2.07. The van der Waals surface area contributed by atoms with Gasteiger partial charge in [-0.25, -0.2) is 0 Å². The number of nitrogens with zero attached hydrogens (tertiary/aromatic N) is 2. The molecule has 0 saturated carbocycles. The Labute approximate surface area is 136 Å². The zero-order chi connectivity index (χ0) is 16.2. The van der Waals surface area contributed by atoms with Gasteiger partial charge in [0.1, 0.15) is 0 Å². The number of benzene rings is 1. The van der Waals surface area contributed by atoms with E-state index in [-0.39, 0.29) is 5.91 Å². The number of hydrogen-bond donors (Lipinski definition) is 2. The summed E-state index contributed by atoms with van der Waals surface area (Å²) < 4.78 is 10.3. The van der Waals surface area contributed by atoms with Crippen LogP contribution >= 0.6 is 11.6 Å². The molecule has 3 aromatic rings. The van der Waals surface area contributed by atoms with Crippen molar-refractivity contribution in [2.75, 3.05) is 12.4 Å². The van der Waals surface area contributed by atoms with Crippen molar-refractivity contribution in [1.82, 2.24) is 15.5 Å². The van der Waals surface area contributed by atoms with Gasteiger partial charge < -0.3 is 19.6 Å². The maximum Gasteiger partial charge on any atom is 0.252 e. The third-order valence-corrected chi connectivity index (χ3v) is 3.41. The molecule has 2 aromatic heterocycles. The molecular weight excluding hydrogens is 320 g/mol. The molecular formula is C15H13ClN4O3. The molecule has 0 aliphatic heterocycles. The van der Waals surface area contributed by atoms with Crippen LogP contribution in [-0.4, -0.2) is 23.1 Å². The van der Waals surface area contributed by atoms with Crippen LogP contribution in [0.1, 0.15) is 16.2 Å². The molecule has 0 spiro atoms. The van der Waals surface area contributed by atoms with Crippen molar-refractivity contribution < 1.29 is 13.7 Å². The minimum absolute atomic E-state index is 0.235. The molecule has 8 heteroatoms. The summed E-state index contributed by atoms with van der Waals surface area (Å²) in [5.74, 6) is 1.10. The highest BCUT2D eigenvalue weighted by atomic mass is 35.5. The number of hydrogen-bond acceptors (Lipinski definition) is 6. The van der Waals surface area contributed by atoms with Crippen molar-refractivity contribution in [1.29, 1.82) is 0 Å². The lowest BCUT2D eigenvalue weighted by Crippen LogP contribution is -2.18. The average molecular weight is 333 g/mol. The van der Waals surface area contributed by atoms with E-state index in [9.17, 15) is 4.79 Å². The molecule has 1 aromatic carbocycles. The molecule has 2 heterocycles. The van der Waals surface area contributed by atoms with E-state index < -0.39 is 0 Å². The van der Waals surface area contributed by atoms with Gasteiger partial charge in [0.15, 0.2) is 5.76 Å². The molecule has 0 bridgehead atoms. The van der Waals surface area contributed by atoms with Gasteiger partial charge >= 0.3 is 0 Å². The highest BCUT2D eigenvalue weighted by Crippen LogP contribution is 2.22. The summed E-state index contributed by atoms with van der Waals surface area (Å²) in [5.41, 5.74) is 1.15. The van der Waals surface area contributed by atoms with Crippen LogP contribution in [0.15, 0.2) is 45.5 Å². The van der Waals surface area contributed by atoms with E-state index in [1.54, 1.807) is 43.6 Å². The Morgan fingerprint density at radius 1 is 1.35 bits per heavy atom. The van der Waals surface area contributed by atoms with Crippen molar-refractivity contribution in [2.24, 2.45) is 0 Å². The zero-order valence-corrected chi connectivity index (χ0v) is 12.9. The smallest absolute Gasteiger partial charge is 0.252 e. The molecule has 1 amide bonds. The maximum atomic E-state index is 11.6. The molecule has 0 saturated heterocycles.